The zero-order valence-corrected chi connectivity index (χ0v) is 13.6. The van der Waals surface area contributed by atoms with Crippen molar-refractivity contribution in [3.8, 4) is 0 Å². The van der Waals surface area contributed by atoms with Crippen molar-refractivity contribution in [2.24, 2.45) is 17.8 Å². The molecule has 5 atom stereocenters. The lowest BCUT2D eigenvalue weighted by molar-refractivity contribution is 0.0115. The average molecular weight is 283 g/mol. The molecular weight excluding hydrogens is 250 g/mol. The van der Waals surface area contributed by atoms with Crippen LogP contribution in [0.25, 0.3) is 0 Å². The Morgan fingerprint density at radius 2 is 2.00 bits per heavy atom. The third-order valence-corrected chi connectivity index (χ3v) is 4.73. The van der Waals surface area contributed by atoms with Crippen molar-refractivity contribution >= 4 is 0 Å². The molecule has 0 saturated heterocycles. The number of aliphatic hydroxyl groups is 1. The fourth-order valence-electron chi connectivity index (χ4n) is 2.53. The molecule has 0 radical (unpaired) electrons. The molecule has 1 aliphatic carbocycles. The summed E-state index contributed by atoms with van der Waals surface area (Å²) in [6.07, 6.45) is 7.53. The van der Waals surface area contributed by atoms with E-state index in [1.54, 1.807) is 0 Å². The van der Waals surface area contributed by atoms with Crippen LogP contribution in [0.5, 0.6) is 0 Å². The molecule has 0 spiro atoms. The Hall–Kier alpha value is -0.380. The van der Waals surface area contributed by atoms with Gasteiger partial charge >= 0.3 is 0 Å². The molecule has 0 aromatic carbocycles. The second kappa shape index (κ2) is 9.54. The van der Waals surface area contributed by atoms with Crippen molar-refractivity contribution in [2.45, 2.75) is 59.1 Å². The highest BCUT2D eigenvalue weighted by Crippen LogP contribution is 2.24. The second-order valence-corrected chi connectivity index (χ2v) is 6.45. The van der Waals surface area contributed by atoms with Gasteiger partial charge in [-0.15, -0.1) is 0 Å². The molecule has 0 fully saturated rings. The van der Waals surface area contributed by atoms with Gasteiger partial charge in [0, 0.05) is 12.6 Å². The average Bonchev–Trinajstić information content (AvgIpc) is 2.45. The summed E-state index contributed by atoms with van der Waals surface area (Å²) in [4.78, 5) is 0. The Morgan fingerprint density at radius 3 is 2.65 bits per heavy atom. The van der Waals surface area contributed by atoms with Crippen LogP contribution in [0.15, 0.2) is 12.2 Å². The second-order valence-electron chi connectivity index (χ2n) is 6.45. The Morgan fingerprint density at radius 1 is 1.30 bits per heavy atom. The monoisotopic (exact) mass is 283 g/mol. The molecule has 118 valence electrons. The number of aliphatic hydroxyl groups excluding tert-OH is 1. The van der Waals surface area contributed by atoms with E-state index in [9.17, 15) is 5.11 Å². The summed E-state index contributed by atoms with van der Waals surface area (Å²) in [6.45, 7) is 10.7. The van der Waals surface area contributed by atoms with Crippen molar-refractivity contribution in [3.63, 3.8) is 0 Å². The van der Waals surface area contributed by atoms with E-state index in [0.29, 0.717) is 36.9 Å². The summed E-state index contributed by atoms with van der Waals surface area (Å²) < 4.78 is 5.70. The van der Waals surface area contributed by atoms with Crippen molar-refractivity contribution < 1.29 is 9.84 Å². The van der Waals surface area contributed by atoms with Crippen molar-refractivity contribution in [1.82, 2.24) is 5.32 Å². The van der Waals surface area contributed by atoms with Crippen LogP contribution in [-0.2, 0) is 4.74 Å². The number of ether oxygens (including phenoxy) is 1. The fraction of sp³-hybridized carbons (Fsp3) is 0.882. The third kappa shape index (κ3) is 6.38. The van der Waals surface area contributed by atoms with E-state index in [1.165, 1.54) is 0 Å². The van der Waals surface area contributed by atoms with Crippen LogP contribution in [0, 0.1) is 17.8 Å². The fourth-order valence-corrected chi connectivity index (χ4v) is 2.53. The quantitative estimate of drug-likeness (QED) is 0.639. The molecule has 0 saturated carbocycles. The lowest BCUT2D eigenvalue weighted by Crippen LogP contribution is -2.39. The predicted molar refractivity (Wildman–Crippen MR) is 84.8 cm³/mol. The van der Waals surface area contributed by atoms with Gasteiger partial charge in [-0.2, -0.15) is 0 Å². The molecule has 0 bridgehead atoms. The van der Waals surface area contributed by atoms with E-state index in [-0.39, 0.29) is 0 Å². The number of rotatable bonds is 9. The van der Waals surface area contributed by atoms with Gasteiger partial charge in [0.05, 0.1) is 19.3 Å². The predicted octanol–water partition coefficient (Wildman–Crippen LogP) is 2.99. The number of allylic oxidation sites excluding steroid dienone is 2. The lowest BCUT2D eigenvalue weighted by Gasteiger charge is -2.26. The van der Waals surface area contributed by atoms with Crippen LogP contribution >= 0.6 is 0 Å². The molecule has 5 unspecified atom stereocenters. The Kier molecular flexibility index (Phi) is 8.43. The highest BCUT2D eigenvalue weighted by Gasteiger charge is 2.19. The molecule has 1 rings (SSSR count). The van der Waals surface area contributed by atoms with Crippen LogP contribution in [0.4, 0.5) is 0 Å². The first kappa shape index (κ1) is 17.7. The van der Waals surface area contributed by atoms with Gasteiger partial charge in [-0.3, -0.25) is 0 Å². The largest absolute Gasteiger partial charge is 0.389 e. The minimum Gasteiger partial charge on any atom is -0.389 e. The van der Waals surface area contributed by atoms with E-state index in [1.807, 2.05) is 0 Å². The standard InChI is InChI=1S/C17H33NO2/c1-5-13(2)15(4)18-10-17(19)12-20-11-16-9-7-6-8-14(16)3/h6-7,13-19H,5,8-12H2,1-4H3. The maximum Gasteiger partial charge on any atom is 0.0897 e. The zero-order valence-electron chi connectivity index (χ0n) is 13.6. The van der Waals surface area contributed by atoms with Gasteiger partial charge in [-0.25, -0.2) is 0 Å². The lowest BCUT2D eigenvalue weighted by atomic mass is 9.85. The molecule has 3 heteroatoms. The summed E-state index contributed by atoms with van der Waals surface area (Å²) in [6, 6.07) is 0.443. The molecule has 0 heterocycles. The molecular formula is C17H33NO2. The number of hydrogen-bond donors (Lipinski definition) is 2. The third-order valence-electron chi connectivity index (χ3n) is 4.73. The van der Waals surface area contributed by atoms with Gasteiger partial charge in [0.15, 0.2) is 0 Å². The van der Waals surface area contributed by atoms with E-state index in [0.717, 1.165) is 25.9 Å². The van der Waals surface area contributed by atoms with Crippen LogP contribution in [-0.4, -0.2) is 37.0 Å². The van der Waals surface area contributed by atoms with Gasteiger partial charge in [-0.05, 0) is 37.5 Å². The molecule has 0 aromatic rings. The highest BCUT2D eigenvalue weighted by atomic mass is 16.5. The first-order valence-corrected chi connectivity index (χ1v) is 8.18. The number of nitrogens with one attached hydrogen (secondary N) is 1. The molecule has 0 aliphatic heterocycles. The van der Waals surface area contributed by atoms with Gasteiger partial charge < -0.3 is 15.2 Å². The summed E-state index contributed by atoms with van der Waals surface area (Å²) >= 11 is 0. The summed E-state index contributed by atoms with van der Waals surface area (Å²) in [5, 5.41) is 13.3. The van der Waals surface area contributed by atoms with Gasteiger partial charge in [-0.1, -0.05) is 39.3 Å². The van der Waals surface area contributed by atoms with Crippen LogP contribution in [0.1, 0.15) is 47.0 Å². The normalized spacial score (nSPS) is 27.2. The van der Waals surface area contributed by atoms with Crippen molar-refractivity contribution in [2.75, 3.05) is 19.8 Å². The highest BCUT2D eigenvalue weighted by molar-refractivity contribution is 4.93. The SMILES string of the molecule is CCC(C)C(C)NCC(O)COCC1CC=CCC1C. The molecule has 0 amide bonds. The molecule has 3 nitrogen and oxygen atoms in total. The first-order chi connectivity index (χ1) is 9.54. The summed E-state index contributed by atoms with van der Waals surface area (Å²) in [7, 11) is 0. The zero-order chi connectivity index (χ0) is 15.0. The van der Waals surface area contributed by atoms with Gasteiger partial charge in [0.2, 0.25) is 0 Å². The Labute approximate surface area is 124 Å². The summed E-state index contributed by atoms with van der Waals surface area (Å²) in [5.41, 5.74) is 0. The van der Waals surface area contributed by atoms with Crippen LogP contribution in [0.2, 0.25) is 0 Å². The first-order valence-electron chi connectivity index (χ1n) is 8.18. The van der Waals surface area contributed by atoms with Gasteiger partial charge in [0.25, 0.3) is 0 Å². The van der Waals surface area contributed by atoms with E-state index < -0.39 is 6.10 Å². The van der Waals surface area contributed by atoms with Crippen molar-refractivity contribution in [1.29, 1.82) is 0 Å². The minimum absolute atomic E-state index is 0.407. The topological polar surface area (TPSA) is 41.5 Å². The van der Waals surface area contributed by atoms with Crippen LogP contribution in [0.3, 0.4) is 0 Å². The molecule has 20 heavy (non-hydrogen) atoms. The summed E-state index contributed by atoms with van der Waals surface area (Å²) in [5.74, 6) is 1.94. The van der Waals surface area contributed by atoms with Crippen molar-refractivity contribution in [3.05, 3.63) is 12.2 Å². The van der Waals surface area contributed by atoms with Gasteiger partial charge in [0.1, 0.15) is 0 Å². The van der Waals surface area contributed by atoms with E-state index in [4.69, 9.17) is 4.74 Å². The van der Waals surface area contributed by atoms with E-state index in [2.05, 4.69) is 45.2 Å². The maximum atomic E-state index is 9.95. The molecule has 0 aromatic heterocycles. The maximum absolute atomic E-state index is 9.95. The minimum atomic E-state index is -0.407. The smallest absolute Gasteiger partial charge is 0.0897 e. The number of hydrogen-bond acceptors (Lipinski definition) is 3. The van der Waals surface area contributed by atoms with E-state index >= 15 is 0 Å². The Bertz CT molecular complexity index is 280. The van der Waals surface area contributed by atoms with Crippen LogP contribution < -0.4 is 5.32 Å². The molecule has 1 aliphatic rings. The Balaban J connectivity index is 2.10. The molecule has 2 N–H and O–H groups in total.